The summed E-state index contributed by atoms with van der Waals surface area (Å²) in [6.07, 6.45) is 11.0. The van der Waals surface area contributed by atoms with Gasteiger partial charge in [0.1, 0.15) is 11.9 Å². The second kappa shape index (κ2) is 6.65. The average molecular weight is 209 g/mol. The summed E-state index contributed by atoms with van der Waals surface area (Å²) in [6.45, 7) is 8.99. The molecule has 0 bridgehead atoms. The minimum absolute atomic E-state index is 1.10. The van der Waals surface area contributed by atoms with Gasteiger partial charge in [0.05, 0.1) is 13.1 Å². The lowest BCUT2D eigenvalue weighted by molar-refractivity contribution is -0.697. The summed E-state index contributed by atoms with van der Waals surface area (Å²) < 4.78 is 4.73. The maximum absolute atomic E-state index is 2.38. The van der Waals surface area contributed by atoms with Crippen molar-refractivity contribution in [1.82, 2.24) is 4.57 Å². The first-order valence-corrected chi connectivity index (χ1v) is 6.39. The molecule has 0 spiro atoms. The number of hydrogen-bond acceptors (Lipinski definition) is 0. The van der Waals surface area contributed by atoms with Gasteiger partial charge in [-0.1, -0.05) is 26.7 Å². The Kier molecular flexibility index (Phi) is 5.44. The van der Waals surface area contributed by atoms with Crippen molar-refractivity contribution in [2.24, 2.45) is 0 Å². The second-order valence-corrected chi connectivity index (χ2v) is 4.22. The standard InChI is InChI=1S/C13H25N2/c1-4-7-9-13-11-14(10-8-5-2)12-15(13)6-3/h11-12H,4-10H2,1-3H3/q+1. The van der Waals surface area contributed by atoms with Crippen molar-refractivity contribution in [1.29, 1.82) is 0 Å². The maximum Gasteiger partial charge on any atom is 0.243 e. The zero-order valence-electron chi connectivity index (χ0n) is 10.5. The Morgan fingerprint density at radius 2 is 1.87 bits per heavy atom. The summed E-state index contributed by atoms with van der Waals surface area (Å²) in [5.41, 5.74) is 1.50. The van der Waals surface area contributed by atoms with Gasteiger partial charge in [-0.2, -0.15) is 0 Å². The average Bonchev–Trinajstić information content (AvgIpc) is 2.66. The lowest BCUT2D eigenvalue weighted by Gasteiger charge is -1.95. The zero-order chi connectivity index (χ0) is 11.1. The minimum Gasteiger partial charge on any atom is -0.237 e. The molecule has 1 heterocycles. The zero-order valence-corrected chi connectivity index (χ0v) is 10.5. The molecule has 0 aromatic carbocycles. The summed E-state index contributed by atoms with van der Waals surface area (Å²) in [4.78, 5) is 0. The molecule has 0 unspecified atom stereocenters. The van der Waals surface area contributed by atoms with Crippen LogP contribution in [0.25, 0.3) is 0 Å². The Morgan fingerprint density at radius 3 is 2.47 bits per heavy atom. The number of rotatable bonds is 7. The van der Waals surface area contributed by atoms with Crippen LogP contribution in [0.2, 0.25) is 0 Å². The van der Waals surface area contributed by atoms with E-state index in [9.17, 15) is 0 Å². The van der Waals surface area contributed by atoms with Crippen molar-refractivity contribution in [3.05, 3.63) is 18.2 Å². The highest BCUT2D eigenvalue weighted by atomic mass is 15.1. The maximum atomic E-state index is 2.38. The molecule has 0 N–H and O–H groups in total. The van der Waals surface area contributed by atoms with E-state index in [0.29, 0.717) is 0 Å². The van der Waals surface area contributed by atoms with Crippen molar-refractivity contribution < 1.29 is 4.57 Å². The van der Waals surface area contributed by atoms with Crippen LogP contribution in [0, 0.1) is 0 Å². The van der Waals surface area contributed by atoms with Gasteiger partial charge >= 0.3 is 0 Å². The Morgan fingerprint density at radius 1 is 1.13 bits per heavy atom. The summed E-state index contributed by atoms with van der Waals surface area (Å²) >= 11 is 0. The Balaban J connectivity index is 2.62. The van der Waals surface area contributed by atoms with Crippen LogP contribution in [-0.4, -0.2) is 4.57 Å². The highest BCUT2D eigenvalue weighted by Crippen LogP contribution is 2.04. The minimum atomic E-state index is 1.10. The van der Waals surface area contributed by atoms with Gasteiger partial charge in [0.2, 0.25) is 6.33 Å². The number of nitrogens with zero attached hydrogens (tertiary/aromatic N) is 2. The van der Waals surface area contributed by atoms with Crippen LogP contribution in [0.5, 0.6) is 0 Å². The molecule has 15 heavy (non-hydrogen) atoms. The molecule has 0 fully saturated rings. The molecule has 2 heteroatoms. The summed E-state index contributed by atoms with van der Waals surface area (Å²) in [7, 11) is 0. The Labute approximate surface area is 93.9 Å². The third kappa shape index (κ3) is 3.69. The van der Waals surface area contributed by atoms with Crippen LogP contribution in [0.15, 0.2) is 12.5 Å². The highest BCUT2D eigenvalue weighted by Gasteiger charge is 2.10. The van der Waals surface area contributed by atoms with Crippen molar-refractivity contribution >= 4 is 0 Å². The first-order chi connectivity index (χ1) is 7.31. The molecule has 1 aromatic rings. The van der Waals surface area contributed by atoms with Crippen LogP contribution >= 0.6 is 0 Å². The van der Waals surface area contributed by atoms with Gasteiger partial charge in [0.15, 0.2) is 0 Å². The molecule has 0 saturated heterocycles. The van der Waals surface area contributed by atoms with Crippen LogP contribution in [0.4, 0.5) is 0 Å². The van der Waals surface area contributed by atoms with Gasteiger partial charge in [-0.3, -0.25) is 0 Å². The molecular formula is C13H25N2+. The second-order valence-electron chi connectivity index (χ2n) is 4.22. The molecule has 0 amide bonds. The van der Waals surface area contributed by atoms with Gasteiger partial charge in [-0.15, -0.1) is 0 Å². The van der Waals surface area contributed by atoms with Crippen molar-refractivity contribution in [3.8, 4) is 0 Å². The predicted octanol–water partition coefficient (Wildman–Crippen LogP) is 2.94. The number of unbranched alkanes of at least 4 members (excludes halogenated alkanes) is 2. The molecule has 86 valence electrons. The SMILES string of the molecule is CCCCc1c[n+](CCCC)cn1CC. The summed E-state index contributed by atoms with van der Waals surface area (Å²) in [5, 5.41) is 0. The monoisotopic (exact) mass is 209 g/mol. The van der Waals surface area contributed by atoms with Crippen molar-refractivity contribution in [2.45, 2.75) is 66.0 Å². The van der Waals surface area contributed by atoms with Gasteiger partial charge in [0.25, 0.3) is 0 Å². The molecule has 2 nitrogen and oxygen atoms in total. The van der Waals surface area contributed by atoms with Crippen molar-refractivity contribution in [3.63, 3.8) is 0 Å². The number of hydrogen-bond donors (Lipinski definition) is 0. The predicted molar refractivity (Wildman–Crippen MR) is 63.8 cm³/mol. The molecule has 0 atom stereocenters. The Bertz CT molecular complexity index is 276. The van der Waals surface area contributed by atoms with E-state index < -0.39 is 0 Å². The van der Waals surface area contributed by atoms with E-state index in [1.54, 1.807) is 0 Å². The normalized spacial score (nSPS) is 10.9. The number of aryl methyl sites for hydroxylation is 3. The van der Waals surface area contributed by atoms with Crippen LogP contribution < -0.4 is 4.57 Å². The van der Waals surface area contributed by atoms with Gasteiger partial charge in [-0.25, -0.2) is 9.13 Å². The fourth-order valence-electron chi connectivity index (χ4n) is 1.87. The first kappa shape index (κ1) is 12.3. The molecule has 0 saturated carbocycles. The molecular weight excluding hydrogens is 184 g/mol. The number of imidazole rings is 1. The molecule has 1 rings (SSSR count). The first-order valence-electron chi connectivity index (χ1n) is 6.39. The van der Waals surface area contributed by atoms with E-state index in [-0.39, 0.29) is 0 Å². The highest BCUT2D eigenvalue weighted by molar-refractivity contribution is 4.93. The molecule has 0 aliphatic heterocycles. The fourth-order valence-corrected chi connectivity index (χ4v) is 1.87. The smallest absolute Gasteiger partial charge is 0.237 e. The summed E-state index contributed by atoms with van der Waals surface area (Å²) in [6, 6.07) is 0. The van der Waals surface area contributed by atoms with Crippen LogP contribution in [0.3, 0.4) is 0 Å². The number of aromatic nitrogens is 2. The van der Waals surface area contributed by atoms with E-state index in [1.165, 1.54) is 44.3 Å². The van der Waals surface area contributed by atoms with Crippen LogP contribution in [-0.2, 0) is 19.5 Å². The summed E-state index contributed by atoms with van der Waals surface area (Å²) in [5.74, 6) is 0. The van der Waals surface area contributed by atoms with E-state index in [0.717, 1.165) is 6.54 Å². The van der Waals surface area contributed by atoms with Gasteiger partial charge < -0.3 is 0 Å². The van der Waals surface area contributed by atoms with E-state index in [2.05, 4.69) is 42.4 Å². The third-order valence-corrected chi connectivity index (χ3v) is 2.87. The molecule has 0 aliphatic rings. The van der Waals surface area contributed by atoms with Crippen LogP contribution in [0.1, 0.15) is 52.1 Å². The lowest BCUT2D eigenvalue weighted by atomic mass is 10.2. The van der Waals surface area contributed by atoms with E-state index in [1.807, 2.05) is 0 Å². The topological polar surface area (TPSA) is 8.81 Å². The van der Waals surface area contributed by atoms with Gasteiger partial charge in [0, 0.05) is 6.42 Å². The third-order valence-electron chi connectivity index (χ3n) is 2.87. The largest absolute Gasteiger partial charge is 0.243 e. The fraction of sp³-hybridized carbons (Fsp3) is 0.769. The van der Waals surface area contributed by atoms with Gasteiger partial charge in [-0.05, 0) is 19.8 Å². The van der Waals surface area contributed by atoms with E-state index >= 15 is 0 Å². The van der Waals surface area contributed by atoms with Crippen molar-refractivity contribution in [2.75, 3.05) is 0 Å². The quantitative estimate of drug-likeness (QED) is 0.611. The van der Waals surface area contributed by atoms with E-state index in [4.69, 9.17) is 0 Å². The molecule has 0 radical (unpaired) electrons. The molecule has 0 aliphatic carbocycles. The lowest BCUT2D eigenvalue weighted by Crippen LogP contribution is -2.30. The molecule has 1 aromatic heterocycles. The Hall–Kier alpha value is -0.790.